The van der Waals surface area contributed by atoms with Crippen LogP contribution in [-0.2, 0) is 14.3 Å². The largest absolute Gasteiger partial charge is 0.480 e. The summed E-state index contributed by atoms with van der Waals surface area (Å²) in [6.07, 6.45) is 1.73. The molecule has 6 heteroatoms. The van der Waals surface area contributed by atoms with Gasteiger partial charge in [-0.05, 0) is 24.1 Å². The van der Waals surface area contributed by atoms with E-state index in [2.05, 4.69) is 5.32 Å². The van der Waals surface area contributed by atoms with Crippen LogP contribution in [0.25, 0.3) is 0 Å². The molecule has 0 aromatic heterocycles. The third-order valence-corrected chi connectivity index (χ3v) is 3.97. The molecule has 2 aromatic rings. The highest BCUT2D eigenvalue weighted by molar-refractivity contribution is 6.32. The molecule has 1 atom stereocenters. The lowest BCUT2D eigenvalue weighted by Gasteiger charge is -2.18. The summed E-state index contributed by atoms with van der Waals surface area (Å²) in [5, 5.41) is 3.30. The standard InChI is InChI=1S/C20H22ClNO4/c1-2-8-17(15-9-4-3-5-10-15)22-19(23)13-26-20(24)14-25-18-12-7-6-11-16(18)21/h3-7,9-12,17H,2,8,13-14H2,1H3,(H,22,23). The fraction of sp³-hybridized carbons (Fsp3) is 0.300. The van der Waals surface area contributed by atoms with Crippen LogP contribution in [0.15, 0.2) is 54.6 Å². The van der Waals surface area contributed by atoms with Gasteiger partial charge in [0.25, 0.3) is 5.91 Å². The molecule has 26 heavy (non-hydrogen) atoms. The van der Waals surface area contributed by atoms with Crippen molar-refractivity contribution in [2.24, 2.45) is 0 Å². The van der Waals surface area contributed by atoms with Gasteiger partial charge in [-0.1, -0.05) is 67.4 Å². The molecule has 2 rings (SSSR count). The van der Waals surface area contributed by atoms with Crippen molar-refractivity contribution in [1.82, 2.24) is 5.32 Å². The summed E-state index contributed by atoms with van der Waals surface area (Å²) in [7, 11) is 0. The number of amides is 1. The van der Waals surface area contributed by atoms with Crippen molar-refractivity contribution in [3.05, 3.63) is 65.2 Å². The first-order valence-electron chi connectivity index (χ1n) is 8.47. The van der Waals surface area contributed by atoms with Crippen LogP contribution in [0.2, 0.25) is 5.02 Å². The van der Waals surface area contributed by atoms with E-state index < -0.39 is 5.97 Å². The Morgan fingerprint density at radius 3 is 2.42 bits per heavy atom. The lowest BCUT2D eigenvalue weighted by Crippen LogP contribution is -2.33. The molecular formula is C20H22ClNO4. The van der Waals surface area contributed by atoms with Crippen molar-refractivity contribution < 1.29 is 19.1 Å². The van der Waals surface area contributed by atoms with Gasteiger partial charge < -0.3 is 14.8 Å². The van der Waals surface area contributed by atoms with Gasteiger partial charge in [0, 0.05) is 0 Å². The summed E-state index contributed by atoms with van der Waals surface area (Å²) < 4.78 is 10.2. The van der Waals surface area contributed by atoms with Crippen molar-refractivity contribution in [3.63, 3.8) is 0 Å². The second-order valence-electron chi connectivity index (χ2n) is 5.70. The van der Waals surface area contributed by atoms with E-state index in [-0.39, 0.29) is 25.2 Å². The second kappa shape index (κ2) is 10.5. The molecule has 0 saturated carbocycles. The molecule has 1 N–H and O–H groups in total. The first kappa shape index (κ1) is 19.8. The number of carbonyl (C=O) groups is 2. The van der Waals surface area contributed by atoms with Crippen LogP contribution in [0.5, 0.6) is 5.75 Å². The van der Waals surface area contributed by atoms with Crippen molar-refractivity contribution in [2.45, 2.75) is 25.8 Å². The Balaban J connectivity index is 1.78. The Labute approximate surface area is 158 Å². The topological polar surface area (TPSA) is 64.6 Å². The van der Waals surface area contributed by atoms with E-state index in [9.17, 15) is 9.59 Å². The number of para-hydroxylation sites is 1. The normalized spacial score (nSPS) is 11.5. The molecule has 0 saturated heterocycles. The zero-order chi connectivity index (χ0) is 18.8. The predicted molar refractivity (Wildman–Crippen MR) is 100 cm³/mol. The van der Waals surface area contributed by atoms with E-state index in [4.69, 9.17) is 21.1 Å². The van der Waals surface area contributed by atoms with Crippen LogP contribution in [0.4, 0.5) is 0 Å². The average molecular weight is 376 g/mol. The highest BCUT2D eigenvalue weighted by Crippen LogP contribution is 2.23. The van der Waals surface area contributed by atoms with Gasteiger partial charge in [-0.3, -0.25) is 4.79 Å². The SMILES string of the molecule is CCCC(NC(=O)COC(=O)COc1ccccc1Cl)c1ccccc1. The van der Waals surface area contributed by atoms with E-state index in [0.29, 0.717) is 10.8 Å². The Kier molecular flexibility index (Phi) is 7.96. The quantitative estimate of drug-likeness (QED) is 0.675. The number of hydrogen-bond acceptors (Lipinski definition) is 4. The lowest BCUT2D eigenvalue weighted by atomic mass is 10.0. The third kappa shape index (κ3) is 6.41. The number of esters is 1. The zero-order valence-electron chi connectivity index (χ0n) is 14.6. The molecule has 138 valence electrons. The minimum absolute atomic E-state index is 0.105. The monoisotopic (exact) mass is 375 g/mol. The molecule has 0 aliphatic heterocycles. The summed E-state index contributed by atoms with van der Waals surface area (Å²) >= 11 is 5.94. The van der Waals surface area contributed by atoms with Crippen molar-refractivity contribution >= 4 is 23.5 Å². The van der Waals surface area contributed by atoms with Crippen LogP contribution in [0.1, 0.15) is 31.4 Å². The summed E-state index contributed by atoms with van der Waals surface area (Å²) in [5.74, 6) is -0.590. The summed E-state index contributed by atoms with van der Waals surface area (Å²) in [5.41, 5.74) is 1.02. The van der Waals surface area contributed by atoms with Gasteiger partial charge in [-0.2, -0.15) is 0 Å². The lowest BCUT2D eigenvalue weighted by molar-refractivity contribution is -0.150. The van der Waals surface area contributed by atoms with Crippen LogP contribution >= 0.6 is 11.6 Å². The Morgan fingerprint density at radius 1 is 1.04 bits per heavy atom. The maximum atomic E-state index is 12.1. The first-order chi connectivity index (χ1) is 12.6. The van der Waals surface area contributed by atoms with Gasteiger partial charge in [-0.15, -0.1) is 0 Å². The number of rotatable bonds is 9. The summed E-state index contributed by atoms with van der Waals surface area (Å²) in [6.45, 7) is 1.39. The van der Waals surface area contributed by atoms with Crippen molar-refractivity contribution in [2.75, 3.05) is 13.2 Å². The van der Waals surface area contributed by atoms with Crippen LogP contribution in [0, 0.1) is 0 Å². The van der Waals surface area contributed by atoms with Gasteiger partial charge in [0.1, 0.15) is 5.75 Å². The molecule has 1 unspecified atom stereocenters. The Hall–Kier alpha value is -2.53. The second-order valence-corrected chi connectivity index (χ2v) is 6.11. The van der Waals surface area contributed by atoms with E-state index in [1.165, 1.54) is 0 Å². The number of benzene rings is 2. The van der Waals surface area contributed by atoms with Gasteiger partial charge in [0.15, 0.2) is 13.2 Å². The molecule has 1 amide bonds. The van der Waals surface area contributed by atoms with Gasteiger partial charge in [0.05, 0.1) is 11.1 Å². The minimum Gasteiger partial charge on any atom is -0.480 e. The third-order valence-electron chi connectivity index (χ3n) is 3.66. The number of nitrogens with one attached hydrogen (secondary N) is 1. The number of ether oxygens (including phenoxy) is 2. The maximum Gasteiger partial charge on any atom is 0.344 e. The molecule has 0 fully saturated rings. The molecule has 0 radical (unpaired) electrons. The van der Waals surface area contributed by atoms with Crippen LogP contribution in [0.3, 0.4) is 0 Å². The van der Waals surface area contributed by atoms with Gasteiger partial charge in [-0.25, -0.2) is 4.79 Å². The van der Waals surface area contributed by atoms with Crippen LogP contribution < -0.4 is 10.1 Å². The van der Waals surface area contributed by atoms with E-state index in [0.717, 1.165) is 18.4 Å². The predicted octanol–water partition coefficient (Wildman–Crippen LogP) is 3.92. The van der Waals surface area contributed by atoms with Crippen molar-refractivity contribution in [1.29, 1.82) is 0 Å². The highest BCUT2D eigenvalue weighted by atomic mass is 35.5. The molecule has 5 nitrogen and oxygen atoms in total. The maximum absolute atomic E-state index is 12.1. The molecule has 0 spiro atoms. The van der Waals surface area contributed by atoms with E-state index in [1.807, 2.05) is 37.3 Å². The van der Waals surface area contributed by atoms with E-state index in [1.54, 1.807) is 24.3 Å². The van der Waals surface area contributed by atoms with Crippen LogP contribution in [-0.4, -0.2) is 25.1 Å². The summed E-state index contributed by atoms with van der Waals surface area (Å²) in [4.78, 5) is 23.8. The van der Waals surface area contributed by atoms with Crippen molar-refractivity contribution in [3.8, 4) is 5.75 Å². The average Bonchev–Trinajstić information content (AvgIpc) is 2.66. The number of halogens is 1. The van der Waals surface area contributed by atoms with Gasteiger partial charge in [0.2, 0.25) is 0 Å². The molecule has 0 heterocycles. The Bertz CT molecular complexity index is 721. The zero-order valence-corrected chi connectivity index (χ0v) is 15.4. The molecule has 0 aliphatic rings. The minimum atomic E-state index is -0.633. The van der Waals surface area contributed by atoms with Gasteiger partial charge >= 0.3 is 5.97 Å². The highest BCUT2D eigenvalue weighted by Gasteiger charge is 2.15. The fourth-order valence-electron chi connectivity index (χ4n) is 2.42. The fourth-order valence-corrected chi connectivity index (χ4v) is 2.61. The number of carbonyl (C=O) groups excluding carboxylic acids is 2. The first-order valence-corrected chi connectivity index (χ1v) is 8.85. The molecule has 0 aliphatic carbocycles. The van der Waals surface area contributed by atoms with E-state index >= 15 is 0 Å². The molecule has 2 aromatic carbocycles. The number of hydrogen-bond donors (Lipinski definition) is 1. The Morgan fingerprint density at radius 2 is 1.73 bits per heavy atom. The summed E-state index contributed by atoms with van der Waals surface area (Å²) in [6, 6.07) is 16.4. The molecular weight excluding hydrogens is 354 g/mol. The smallest absolute Gasteiger partial charge is 0.344 e. The molecule has 0 bridgehead atoms.